The van der Waals surface area contributed by atoms with Gasteiger partial charge in [0.05, 0.1) is 6.54 Å². The third-order valence-corrected chi connectivity index (χ3v) is 3.70. The summed E-state index contributed by atoms with van der Waals surface area (Å²) in [5.74, 6) is 5.95. The Morgan fingerprint density at radius 1 is 1.07 bits per heavy atom. The van der Waals surface area contributed by atoms with Crippen molar-refractivity contribution >= 4 is 28.4 Å². The number of aromatic nitrogens is 1. The molecule has 2 aromatic carbocycles. The molecule has 6 heteroatoms. The molecule has 3 aromatic rings. The highest BCUT2D eigenvalue weighted by molar-refractivity contribution is 5.98. The molecule has 0 bridgehead atoms. The predicted octanol–water partition coefficient (Wildman–Crippen LogP) is 2.94. The fourth-order valence-corrected chi connectivity index (χ4v) is 2.52. The molecular formula is C21H19N3O3. The van der Waals surface area contributed by atoms with Crippen LogP contribution in [0.5, 0.6) is 5.75 Å². The van der Waals surface area contributed by atoms with Gasteiger partial charge in [-0.15, -0.1) is 0 Å². The summed E-state index contributed by atoms with van der Waals surface area (Å²) < 4.78 is 5.52. The normalized spacial score (nSPS) is 9.96. The van der Waals surface area contributed by atoms with E-state index in [1.807, 2.05) is 30.3 Å². The number of hydrogen-bond donors (Lipinski definition) is 3. The SMILES string of the molecule is CC(=O)Nc1cccc(OCC#CCNC(=O)c2cc3ccccc3[nH]2)c1. The van der Waals surface area contributed by atoms with Crippen molar-refractivity contribution in [2.45, 2.75) is 6.92 Å². The van der Waals surface area contributed by atoms with E-state index in [9.17, 15) is 9.59 Å². The molecule has 3 N–H and O–H groups in total. The lowest BCUT2D eigenvalue weighted by molar-refractivity contribution is -0.114. The molecule has 1 heterocycles. The van der Waals surface area contributed by atoms with Gasteiger partial charge >= 0.3 is 0 Å². The summed E-state index contributed by atoms with van der Waals surface area (Å²) >= 11 is 0. The Bertz CT molecular complexity index is 995. The number of benzene rings is 2. The second-order valence-corrected chi connectivity index (χ2v) is 5.80. The molecule has 0 fully saturated rings. The molecule has 3 rings (SSSR count). The second kappa shape index (κ2) is 8.59. The molecule has 0 radical (unpaired) electrons. The van der Waals surface area contributed by atoms with Crippen molar-refractivity contribution in [2.24, 2.45) is 0 Å². The Hall–Kier alpha value is -3.72. The van der Waals surface area contributed by atoms with E-state index >= 15 is 0 Å². The summed E-state index contributed by atoms with van der Waals surface area (Å²) in [5.41, 5.74) is 2.09. The Kier molecular flexibility index (Phi) is 5.75. The van der Waals surface area contributed by atoms with Gasteiger partial charge in [0.2, 0.25) is 5.91 Å². The van der Waals surface area contributed by atoms with Gasteiger partial charge in [-0.2, -0.15) is 0 Å². The molecule has 0 aliphatic rings. The van der Waals surface area contributed by atoms with Crippen LogP contribution >= 0.6 is 0 Å². The van der Waals surface area contributed by atoms with E-state index in [2.05, 4.69) is 27.5 Å². The number of carbonyl (C=O) groups is 2. The maximum Gasteiger partial charge on any atom is 0.268 e. The van der Waals surface area contributed by atoms with Crippen LogP contribution in [0.4, 0.5) is 5.69 Å². The van der Waals surface area contributed by atoms with Crippen molar-refractivity contribution in [3.8, 4) is 17.6 Å². The van der Waals surface area contributed by atoms with Crippen molar-refractivity contribution in [2.75, 3.05) is 18.5 Å². The molecule has 0 saturated carbocycles. The minimum atomic E-state index is -0.204. The predicted molar refractivity (Wildman–Crippen MR) is 105 cm³/mol. The average Bonchev–Trinajstić information content (AvgIpc) is 3.08. The zero-order valence-corrected chi connectivity index (χ0v) is 14.8. The van der Waals surface area contributed by atoms with Crippen LogP contribution in [0.2, 0.25) is 0 Å². The lowest BCUT2D eigenvalue weighted by atomic mass is 10.2. The van der Waals surface area contributed by atoms with Crippen LogP contribution in [0.1, 0.15) is 17.4 Å². The highest BCUT2D eigenvalue weighted by atomic mass is 16.5. The number of carbonyl (C=O) groups excluding carboxylic acids is 2. The third-order valence-electron chi connectivity index (χ3n) is 3.70. The maximum atomic E-state index is 12.1. The highest BCUT2D eigenvalue weighted by Gasteiger charge is 2.07. The van der Waals surface area contributed by atoms with Crippen molar-refractivity contribution in [3.63, 3.8) is 0 Å². The number of fused-ring (bicyclic) bond motifs is 1. The first-order valence-electron chi connectivity index (χ1n) is 8.44. The number of rotatable bonds is 5. The number of nitrogens with one attached hydrogen (secondary N) is 3. The number of H-pyrrole nitrogens is 1. The van der Waals surface area contributed by atoms with Gasteiger partial charge in [0.15, 0.2) is 0 Å². The van der Waals surface area contributed by atoms with Crippen molar-refractivity contribution in [1.29, 1.82) is 0 Å². The van der Waals surface area contributed by atoms with Crippen LogP contribution in [0.15, 0.2) is 54.6 Å². The summed E-state index contributed by atoms with van der Waals surface area (Å²) in [6, 6.07) is 16.6. The van der Waals surface area contributed by atoms with Gasteiger partial charge in [0.25, 0.3) is 5.91 Å². The van der Waals surface area contributed by atoms with Crippen molar-refractivity contribution in [3.05, 3.63) is 60.3 Å². The third kappa shape index (κ3) is 5.13. The molecule has 0 aliphatic carbocycles. The number of para-hydroxylation sites is 1. The van der Waals surface area contributed by atoms with E-state index in [0.29, 0.717) is 17.1 Å². The minimum absolute atomic E-state index is 0.141. The Morgan fingerprint density at radius 3 is 2.74 bits per heavy atom. The lowest BCUT2D eigenvalue weighted by Gasteiger charge is -2.05. The molecule has 0 unspecified atom stereocenters. The summed E-state index contributed by atoms with van der Waals surface area (Å²) in [5, 5.41) is 6.42. The quantitative estimate of drug-likeness (QED) is 0.611. The van der Waals surface area contributed by atoms with Gasteiger partial charge in [-0.3, -0.25) is 9.59 Å². The van der Waals surface area contributed by atoms with E-state index in [0.717, 1.165) is 10.9 Å². The van der Waals surface area contributed by atoms with Crippen LogP contribution in [-0.2, 0) is 4.79 Å². The van der Waals surface area contributed by atoms with Gasteiger partial charge in [-0.25, -0.2) is 0 Å². The van der Waals surface area contributed by atoms with E-state index < -0.39 is 0 Å². The van der Waals surface area contributed by atoms with Crippen molar-refractivity contribution in [1.82, 2.24) is 10.3 Å². The molecule has 6 nitrogen and oxygen atoms in total. The minimum Gasteiger partial charge on any atom is -0.481 e. The van der Waals surface area contributed by atoms with Crippen LogP contribution in [0.25, 0.3) is 10.9 Å². The first kappa shape index (κ1) is 18.1. The average molecular weight is 361 g/mol. The summed E-state index contributed by atoms with van der Waals surface area (Å²) in [6.45, 7) is 1.86. The standard InChI is InChI=1S/C21H19N3O3/c1-15(25)23-17-8-6-9-18(14-17)27-12-5-4-11-22-21(26)20-13-16-7-2-3-10-19(16)24-20/h2-3,6-10,13-14,24H,11-12H2,1H3,(H,22,26)(H,23,25). The van der Waals surface area contributed by atoms with E-state index in [1.54, 1.807) is 24.3 Å². The largest absolute Gasteiger partial charge is 0.481 e. The fourth-order valence-electron chi connectivity index (χ4n) is 2.52. The van der Waals surface area contributed by atoms with Crippen LogP contribution in [0.3, 0.4) is 0 Å². The zero-order valence-electron chi connectivity index (χ0n) is 14.8. The van der Waals surface area contributed by atoms with Gasteiger partial charge in [0, 0.05) is 29.6 Å². The molecule has 0 aliphatic heterocycles. The number of anilines is 1. The van der Waals surface area contributed by atoms with E-state index in [-0.39, 0.29) is 25.0 Å². The molecule has 27 heavy (non-hydrogen) atoms. The smallest absolute Gasteiger partial charge is 0.268 e. The molecule has 1 aromatic heterocycles. The number of aromatic amines is 1. The summed E-state index contributed by atoms with van der Waals surface area (Å²) in [4.78, 5) is 26.2. The fraction of sp³-hybridized carbons (Fsp3) is 0.143. The molecule has 2 amide bonds. The van der Waals surface area contributed by atoms with Gasteiger partial charge in [-0.05, 0) is 24.3 Å². The molecule has 136 valence electrons. The Balaban J connectivity index is 1.45. The summed E-state index contributed by atoms with van der Waals surface area (Å²) in [7, 11) is 0. The van der Waals surface area contributed by atoms with Gasteiger partial charge in [-0.1, -0.05) is 36.1 Å². The monoisotopic (exact) mass is 361 g/mol. The van der Waals surface area contributed by atoms with Gasteiger partial charge in [0.1, 0.15) is 18.1 Å². The first-order valence-corrected chi connectivity index (χ1v) is 8.44. The van der Waals surface area contributed by atoms with Crippen LogP contribution in [-0.4, -0.2) is 29.9 Å². The maximum absolute atomic E-state index is 12.1. The van der Waals surface area contributed by atoms with Crippen LogP contribution < -0.4 is 15.4 Å². The molecular weight excluding hydrogens is 342 g/mol. The number of ether oxygens (including phenoxy) is 1. The molecule has 0 saturated heterocycles. The lowest BCUT2D eigenvalue weighted by Crippen LogP contribution is -2.23. The van der Waals surface area contributed by atoms with E-state index in [1.165, 1.54) is 6.92 Å². The molecule has 0 atom stereocenters. The molecule has 0 spiro atoms. The Morgan fingerprint density at radius 2 is 1.93 bits per heavy atom. The van der Waals surface area contributed by atoms with Crippen LogP contribution in [0, 0.1) is 11.8 Å². The van der Waals surface area contributed by atoms with E-state index in [4.69, 9.17) is 4.74 Å². The zero-order chi connectivity index (χ0) is 19.1. The first-order chi connectivity index (χ1) is 13.1. The number of amides is 2. The topological polar surface area (TPSA) is 83.2 Å². The highest BCUT2D eigenvalue weighted by Crippen LogP contribution is 2.17. The van der Waals surface area contributed by atoms with Crippen molar-refractivity contribution < 1.29 is 14.3 Å². The Labute approximate surface area is 156 Å². The number of hydrogen-bond acceptors (Lipinski definition) is 3. The summed E-state index contributed by atoms with van der Waals surface area (Å²) in [6.07, 6.45) is 0. The van der Waals surface area contributed by atoms with Gasteiger partial charge < -0.3 is 20.4 Å². The second-order valence-electron chi connectivity index (χ2n) is 5.80.